The average Bonchev–Trinajstić information content (AvgIpc) is 2.77. The van der Waals surface area contributed by atoms with E-state index in [1.165, 1.54) is 0 Å². The Morgan fingerprint density at radius 1 is 1.10 bits per heavy atom. The van der Waals surface area contributed by atoms with E-state index in [-0.39, 0.29) is 25.0 Å². The predicted molar refractivity (Wildman–Crippen MR) is 121 cm³/mol. The molecule has 0 saturated heterocycles. The molecule has 0 aromatic heterocycles. The standard InChI is InChI=1S/C23H29BrN2O4/c1-4-13-25-23(28)21(5-2)26(15-17-7-6-8-20(14-17)29-3)22(27)16-30-19-11-9-18(24)10-12-19/h6-12,14,21H,4-5,13,15-16H2,1-3H3,(H,25,28). The lowest BCUT2D eigenvalue weighted by Crippen LogP contribution is -2.50. The van der Waals surface area contributed by atoms with E-state index in [0.717, 1.165) is 16.5 Å². The Bertz CT molecular complexity index is 826. The van der Waals surface area contributed by atoms with Crippen LogP contribution in [0.3, 0.4) is 0 Å². The smallest absolute Gasteiger partial charge is 0.261 e. The Labute approximate surface area is 186 Å². The molecule has 2 amide bonds. The molecule has 0 bridgehead atoms. The lowest BCUT2D eigenvalue weighted by Gasteiger charge is -2.30. The van der Waals surface area contributed by atoms with Gasteiger partial charge in [-0.1, -0.05) is 41.9 Å². The second kappa shape index (κ2) is 12.2. The highest BCUT2D eigenvalue weighted by atomic mass is 79.9. The fraction of sp³-hybridized carbons (Fsp3) is 0.391. The number of rotatable bonds is 11. The van der Waals surface area contributed by atoms with Crippen molar-refractivity contribution in [3.05, 3.63) is 58.6 Å². The SMILES string of the molecule is CCCNC(=O)C(CC)N(Cc1cccc(OC)c1)C(=O)COc1ccc(Br)cc1. The first kappa shape index (κ1) is 23.7. The number of nitrogens with zero attached hydrogens (tertiary/aromatic N) is 1. The quantitative estimate of drug-likeness (QED) is 0.528. The first-order valence-corrected chi connectivity index (χ1v) is 10.9. The number of benzene rings is 2. The summed E-state index contributed by atoms with van der Waals surface area (Å²) in [6, 6.07) is 14.2. The average molecular weight is 477 g/mol. The minimum absolute atomic E-state index is 0.150. The van der Waals surface area contributed by atoms with Gasteiger partial charge in [0.05, 0.1) is 7.11 Å². The summed E-state index contributed by atoms with van der Waals surface area (Å²) in [7, 11) is 1.60. The van der Waals surface area contributed by atoms with Crippen molar-refractivity contribution in [2.75, 3.05) is 20.3 Å². The summed E-state index contributed by atoms with van der Waals surface area (Å²) >= 11 is 3.38. The Morgan fingerprint density at radius 2 is 1.83 bits per heavy atom. The number of ether oxygens (including phenoxy) is 2. The number of halogens is 1. The summed E-state index contributed by atoms with van der Waals surface area (Å²) in [5, 5.41) is 2.90. The molecule has 30 heavy (non-hydrogen) atoms. The largest absolute Gasteiger partial charge is 0.497 e. The first-order valence-electron chi connectivity index (χ1n) is 10.1. The van der Waals surface area contributed by atoms with E-state index >= 15 is 0 Å². The van der Waals surface area contributed by atoms with Crippen molar-refractivity contribution in [3.63, 3.8) is 0 Å². The van der Waals surface area contributed by atoms with Gasteiger partial charge in [0.25, 0.3) is 5.91 Å². The highest BCUT2D eigenvalue weighted by molar-refractivity contribution is 9.10. The van der Waals surface area contributed by atoms with Gasteiger partial charge in [-0.25, -0.2) is 0 Å². The van der Waals surface area contributed by atoms with Crippen LogP contribution in [0.15, 0.2) is 53.0 Å². The van der Waals surface area contributed by atoms with Crippen LogP contribution < -0.4 is 14.8 Å². The fourth-order valence-electron chi connectivity index (χ4n) is 3.01. The van der Waals surface area contributed by atoms with E-state index < -0.39 is 6.04 Å². The summed E-state index contributed by atoms with van der Waals surface area (Å²) in [5.41, 5.74) is 0.882. The van der Waals surface area contributed by atoms with Crippen molar-refractivity contribution in [1.82, 2.24) is 10.2 Å². The van der Waals surface area contributed by atoms with Crippen LogP contribution in [-0.4, -0.2) is 43.0 Å². The van der Waals surface area contributed by atoms with Crippen LogP contribution in [0.4, 0.5) is 0 Å². The van der Waals surface area contributed by atoms with Crippen LogP contribution in [0.2, 0.25) is 0 Å². The highest BCUT2D eigenvalue weighted by Crippen LogP contribution is 2.19. The molecule has 0 aliphatic carbocycles. The summed E-state index contributed by atoms with van der Waals surface area (Å²) < 4.78 is 11.9. The maximum Gasteiger partial charge on any atom is 0.261 e. The second-order valence-corrected chi connectivity index (χ2v) is 7.75. The van der Waals surface area contributed by atoms with E-state index in [0.29, 0.717) is 24.5 Å². The minimum Gasteiger partial charge on any atom is -0.497 e. The highest BCUT2D eigenvalue weighted by Gasteiger charge is 2.28. The molecular formula is C23H29BrN2O4. The molecule has 162 valence electrons. The lowest BCUT2D eigenvalue weighted by molar-refractivity contribution is -0.143. The monoisotopic (exact) mass is 476 g/mol. The molecular weight excluding hydrogens is 448 g/mol. The molecule has 0 aliphatic rings. The molecule has 0 heterocycles. The third-order valence-corrected chi connectivity index (χ3v) is 5.13. The number of nitrogens with one attached hydrogen (secondary N) is 1. The fourth-order valence-corrected chi connectivity index (χ4v) is 3.28. The number of hydrogen-bond acceptors (Lipinski definition) is 4. The van der Waals surface area contributed by atoms with Gasteiger partial charge in [0.2, 0.25) is 5.91 Å². The third kappa shape index (κ3) is 7.06. The van der Waals surface area contributed by atoms with Crippen molar-refractivity contribution < 1.29 is 19.1 Å². The van der Waals surface area contributed by atoms with E-state index in [1.807, 2.05) is 50.2 Å². The van der Waals surface area contributed by atoms with E-state index in [2.05, 4.69) is 21.2 Å². The van der Waals surface area contributed by atoms with Gasteiger partial charge >= 0.3 is 0 Å². The van der Waals surface area contributed by atoms with Crippen LogP contribution in [0.25, 0.3) is 0 Å². The molecule has 1 N–H and O–H groups in total. The number of carbonyl (C=O) groups excluding carboxylic acids is 2. The van der Waals surface area contributed by atoms with Crippen molar-refractivity contribution in [1.29, 1.82) is 0 Å². The second-order valence-electron chi connectivity index (χ2n) is 6.83. The zero-order chi connectivity index (χ0) is 21.9. The molecule has 0 radical (unpaired) electrons. The summed E-state index contributed by atoms with van der Waals surface area (Å²) in [5.74, 6) is 0.893. The van der Waals surface area contributed by atoms with Gasteiger partial charge in [-0.05, 0) is 54.8 Å². The van der Waals surface area contributed by atoms with Crippen LogP contribution >= 0.6 is 15.9 Å². The molecule has 0 spiro atoms. The van der Waals surface area contributed by atoms with Gasteiger partial charge < -0.3 is 19.7 Å². The molecule has 7 heteroatoms. The normalized spacial score (nSPS) is 11.5. The lowest BCUT2D eigenvalue weighted by atomic mass is 10.1. The minimum atomic E-state index is -0.580. The van der Waals surface area contributed by atoms with Crippen molar-refractivity contribution >= 4 is 27.7 Å². The number of hydrogen-bond donors (Lipinski definition) is 1. The maximum atomic E-state index is 13.1. The van der Waals surface area contributed by atoms with Gasteiger partial charge in [0.15, 0.2) is 6.61 Å². The summed E-state index contributed by atoms with van der Waals surface area (Å²) in [6.07, 6.45) is 1.34. The van der Waals surface area contributed by atoms with Gasteiger partial charge in [-0.15, -0.1) is 0 Å². The molecule has 0 aliphatic heterocycles. The van der Waals surface area contributed by atoms with Gasteiger partial charge in [-0.3, -0.25) is 9.59 Å². The van der Waals surface area contributed by atoms with Crippen molar-refractivity contribution in [2.45, 2.75) is 39.3 Å². The molecule has 6 nitrogen and oxygen atoms in total. The number of carbonyl (C=O) groups is 2. The van der Waals surface area contributed by atoms with E-state index in [9.17, 15) is 9.59 Å². The van der Waals surface area contributed by atoms with Gasteiger partial charge in [0.1, 0.15) is 17.5 Å². The Hall–Kier alpha value is -2.54. The van der Waals surface area contributed by atoms with Crippen LogP contribution in [0.5, 0.6) is 11.5 Å². The molecule has 2 aromatic rings. The topological polar surface area (TPSA) is 67.9 Å². The molecule has 2 aromatic carbocycles. The van der Waals surface area contributed by atoms with Gasteiger partial charge in [0, 0.05) is 17.6 Å². The molecule has 0 fully saturated rings. The molecule has 0 saturated carbocycles. The molecule has 2 rings (SSSR count). The molecule has 1 atom stereocenters. The predicted octanol–water partition coefficient (Wildman–Crippen LogP) is 4.17. The summed E-state index contributed by atoms with van der Waals surface area (Å²) in [6.45, 7) is 4.61. The van der Waals surface area contributed by atoms with Gasteiger partial charge in [-0.2, -0.15) is 0 Å². The van der Waals surface area contributed by atoms with E-state index in [4.69, 9.17) is 9.47 Å². The number of amides is 2. The number of methoxy groups -OCH3 is 1. The Balaban J connectivity index is 2.20. The third-order valence-electron chi connectivity index (χ3n) is 4.60. The van der Waals surface area contributed by atoms with Crippen molar-refractivity contribution in [3.8, 4) is 11.5 Å². The zero-order valence-corrected chi connectivity index (χ0v) is 19.3. The van der Waals surface area contributed by atoms with Crippen LogP contribution in [0, 0.1) is 0 Å². The summed E-state index contributed by atoms with van der Waals surface area (Å²) in [4.78, 5) is 27.4. The van der Waals surface area contributed by atoms with Crippen LogP contribution in [0.1, 0.15) is 32.3 Å². The van der Waals surface area contributed by atoms with Crippen molar-refractivity contribution in [2.24, 2.45) is 0 Å². The Morgan fingerprint density at radius 3 is 2.47 bits per heavy atom. The van der Waals surface area contributed by atoms with Crippen LogP contribution in [-0.2, 0) is 16.1 Å². The maximum absolute atomic E-state index is 13.1. The first-order chi connectivity index (χ1) is 14.5. The zero-order valence-electron chi connectivity index (χ0n) is 17.7. The Kier molecular flexibility index (Phi) is 9.67. The van der Waals surface area contributed by atoms with E-state index in [1.54, 1.807) is 24.1 Å². The molecule has 1 unspecified atom stereocenters.